The van der Waals surface area contributed by atoms with Crippen molar-refractivity contribution < 1.29 is 24.5 Å². The summed E-state index contributed by atoms with van der Waals surface area (Å²) < 4.78 is 5.19. The van der Waals surface area contributed by atoms with E-state index in [2.05, 4.69) is 5.32 Å². The zero-order valence-electron chi connectivity index (χ0n) is 13.2. The molecule has 0 aliphatic carbocycles. The summed E-state index contributed by atoms with van der Waals surface area (Å²) >= 11 is 0. The van der Waals surface area contributed by atoms with E-state index in [9.17, 15) is 19.8 Å². The van der Waals surface area contributed by atoms with Gasteiger partial charge in [-0.2, -0.15) is 0 Å². The number of likely N-dealkylation sites (N-methyl/N-ethyl adjacent to an activating group) is 1. The minimum absolute atomic E-state index is 0.151. The Labute approximate surface area is 125 Å². The van der Waals surface area contributed by atoms with Crippen LogP contribution in [0, 0.1) is 5.41 Å². The van der Waals surface area contributed by atoms with Crippen molar-refractivity contribution in [3.8, 4) is 0 Å². The summed E-state index contributed by atoms with van der Waals surface area (Å²) in [5.74, 6) is -1.07. The molecule has 0 aromatic carbocycles. The van der Waals surface area contributed by atoms with Crippen LogP contribution in [0.25, 0.3) is 0 Å². The quantitative estimate of drug-likeness (QED) is 0.709. The van der Waals surface area contributed by atoms with Gasteiger partial charge in [0.05, 0.1) is 12.1 Å². The van der Waals surface area contributed by atoms with E-state index < -0.39 is 29.1 Å². The van der Waals surface area contributed by atoms with Gasteiger partial charge in [0.1, 0.15) is 6.04 Å². The lowest BCUT2D eigenvalue weighted by Gasteiger charge is -2.36. The Hall–Kier alpha value is -1.34. The first-order valence-corrected chi connectivity index (χ1v) is 7.10. The summed E-state index contributed by atoms with van der Waals surface area (Å²) in [6.07, 6.45) is 0.929. The predicted molar refractivity (Wildman–Crippen MR) is 77.0 cm³/mol. The number of amides is 2. The molecule has 2 amide bonds. The molecule has 1 heterocycles. The maximum Gasteiger partial charge on any atom is 0.326 e. The first kappa shape index (κ1) is 17.7. The van der Waals surface area contributed by atoms with Crippen LogP contribution < -0.4 is 5.32 Å². The van der Waals surface area contributed by atoms with Crippen LogP contribution in [0.2, 0.25) is 0 Å². The molecule has 1 atom stereocenters. The molecule has 0 aromatic heterocycles. The highest BCUT2D eigenvalue weighted by Crippen LogP contribution is 2.22. The van der Waals surface area contributed by atoms with Gasteiger partial charge >= 0.3 is 12.0 Å². The van der Waals surface area contributed by atoms with Crippen molar-refractivity contribution in [1.29, 1.82) is 0 Å². The molecule has 1 aliphatic heterocycles. The molecule has 3 N–H and O–H groups in total. The van der Waals surface area contributed by atoms with E-state index in [0.29, 0.717) is 26.1 Å². The molecule has 1 unspecified atom stereocenters. The third-order valence-electron chi connectivity index (χ3n) is 3.68. The van der Waals surface area contributed by atoms with Crippen LogP contribution >= 0.6 is 0 Å². The predicted octanol–water partition coefficient (Wildman–Crippen LogP) is 0.669. The van der Waals surface area contributed by atoms with Crippen molar-refractivity contribution in [1.82, 2.24) is 10.2 Å². The highest BCUT2D eigenvalue weighted by atomic mass is 16.5. The first-order valence-electron chi connectivity index (χ1n) is 7.10. The van der Waals surface area contributed by atoms with Gasteiger partial charge in [0.25, 0.3) is 0 Å². The number of urea groups is 1. The van der Waals surface area contributed by atoms with Crippen LogP contribution in [0.4, 0.5) is 4.79 Å². The summed E-state index contributed by atoms with van der Waals surface area (Å²) in [5, 5.41) is 22.1. The number of nitrogens with zero attached hydrogens (tertiary/aromatic N) is 1. The average Bonchev–Trinajstić information content (AvgIpc) is 2.34. The molecule has 1 saturated heterocycles. The van der Waals surface area contributed by atoms with Gasteiger partial charge in [0.2, 0.25) is 0 Å². The Morgan fingerprint density at radius 1 is 1.33 bits per heavy atom. The number of carboxylic acid groups (broad SMARTS) is 1. The Kier molecular flexibility index (Phi) is 5.58. The lowest BCUT2D eigenvalue weighted by molar-refractivity contribution is -0.142. The first-order chi connectivity index (χ1) is 9.55. The summed E-state index contributed by atoms with van der Waals surface area (Å²) in [4.78, 5) is 24.7. The fourth-order valence-corrected chi connectivity index (χ4v) is 2.31. The number of ether oxygens (including phenoxy) is 1. The van der Waals surface area contributed by atoms with Gasteiger partial charge in [-0.15, -0.1) is 0 Å². The molecule has 0 aromatic rings. The van der Waals surface area contributed by atoms with Crippen molar-refractivity contribution in [3.05, 3.63) is 0 Å². The largest absolute Gasteiger partial charge is 0.480 e. The Morgan fingerprint density at radius 2 is 1.86 bits per heavy atom. The van der Waals surface area contributed by atoms with E-state index in [1.165, 1.54) is 4.90 Å². The number of nitrogens with one attached hydrogen (secondary N) is 1. The summed E-state index contributed by atoms with van der Waals surface area (Å²) in [7, 11) is 1.55. The van der Waals surface area contributed by atoms with Crippen LogP contribution in [-0.4, -0.2) is 65.6 Å². The van der Waals surface area contributed by atoms with Crippen LogP contribution in [0.3, 0.4) is 0 Å². The zero-order valence-corrected chi connectivity index (χ0v) is 13.2. The number of hydrogen-bond acceptors (Lipinski definition) is 4. The Balaban J connectivity index is 2.63. The number of carbonyl (C=O) groups is 2. The highest BCUT2D eigenvalue weighted by molar-refractivity contribution is 5.83. The molecule has 0 spiro atoms. The average molecular weight is 302 g/mol. The number of hydrogen-bond donors (Lipinski definition) is 3. The molecule has 1 rings (SSSR count). The zero-order chi connectivity index (χ0) is 16.3. The molecule has 7 nitrogen and oxygen atoms in total. The van der Waals surface area contributed by atoms with Crippen molar-refractivity contribution in [2.75, 3.05) is 26.8 Å². The minimum Gasteiger partial charge on any atom is -0.480 e. The lowest BCUT2D eigenvalue weighted by Crippen LogP contribution is -2.55. The van der Waals surface area contributed by atoms with Crippen molar-refractivity contribution >= 4 is 12.0 Å². The van der Waals surface area contributed by atoms with E-state index >= 15 is 0 Å². The lowest BCUT2D eigenvalue weighted by atomic mass is 9.87. The number of carboxylic acids is 1. The fraction of sp³-hybridized carbons (Fsp3) is 0.857. The third-order valence-corrected chi connectivity index (χ3v) is 3.68. The second-order valence-electron chi connectivity index (χ2n) is 6.78. The molecular formula is C14H26N2O5. The second kappa shape index (κ2) is 6.62. The van der Waals surface area contributed by atoms with Crippen LogP contribution in [0.5, 0.6) is 0 Å². The van der Waals surface area contributed by atoms with Crippen molar-refractivity contribution in [2.24, 2.45) is 5.41 Å². The van der Waals surface area contributed by atoms with Gasteiger partial charge in [-0.1, -0.05) is 20.8 Å². The fourth-order valence-electron chi connectivity index (χ4n) is 2.31. The van der Waals surface area contributed by atoms with E-state index in [0.717, 1.165) is 0 Å². The molecule has 1 aliphatic rings. The van der Waals surface area contributed by atoms with Gasteiger partial charge < -0.3 is 25.2 Å². The molecule has 21 heavy (non-hydrogen) atoms. The van der Waals surface area contributed by atoms with Gasteiger partial charge in [-0.05, 0) is 5.41 Å². The summed E-state index contributed by atoms with van der Waals surface area (Å²) in [6.45, 7) is 6.32. The Bertz CT molecular complexity index is 385. The van der Waals surface area contributed by atoms with Crippen LogP contribution in [-0.2, 0) is 9.53 Å². The molecule has 0 bridgehead atoms. The topological polar surface area (TPSA) is 99.1 Å². The monoisotopic (exact) mass is 302 g/mol. The van der Waals surface area contributed by atoms with Gasteiger partial charge in [0.15, 0.2) is 0 Å². The molecule has 122 valence electrons. The van der Waals surface area contributed by atoms with Gasteiger partial charge in [0, 0.05) is 33.1 Å². The summed E-state index contributed by atoms with van der Waals surface area (Å²) in [6, 6.07) is -1.49. The number of carbonyl (C=O) groups excluding carboxylic acids is 1. The van der Waals surface area contributed by atoms with E-state index in [1.807, 2.05) is 0 Å². The van der Waals surface area contributed by atoms with Gasteiger partial charge in [-0.25, -0.2) is 9.59 Å². The number of aliphatic carboxylic acids is 1. The van der Waals surface area contributed by atoms with Crippen molar-refractivity contribution in [2.45, 2.75) is 45.3 Å². The third kappa shape index (κ3) is 5.17. The Morgan fingerprint density at radius 3 is 2.29 bits per heavy atom. The maximum absolute atomic E-state index is 12.1. The van der Waals surface area contributed by atoms with E-state index in [4.69, 9.17) is 4.74 Å². The standard InChI is InChI=1S/C14H26N2O5/c1-13(2,3)10(11(17)18)15-12(19)16(4)9-14(20)5-7-21-8-6-14/h10,20H,5-9H2,1-4H3,(H,15,19)(H,17,18). The molecule has 0 radical (unpaired) electrons. The number of aliphatic hydroxyl groups is 1. The summed E-state index contributed by atoms with van der Waals surface area (Å²) in [5.41, 5.74) is -1.57. The molecular weight excluding hydrogens is 276 g/mol. The molecule has 7 heteroatoms. The normalized spacial score (nSPS) is 19.7. The smallest absolute Gasteiger partial charge is 0.326 e. The van der Waals surface area contributed by atoms with Gasteiger partial charge in [-0.3, -0.25) is 0 Å². The van der Waals surface area contributed by atoms with E-state index in [-0.39, 0.29) is 6.54 Å². The number of rotatable bonds is 4. The second-order valence-corrected chi connectivity index (χ2v) is 6.78. The van der Waals surface area contributed by atoms with Crippen LogP contribution in [0.15, 0.2) is 0 Å². The van der Waals surface area contributed by atoms with Crippen molar-refractivity contribution in [3.63, 3.8) is 0 Å². The highest BCUT2D eigenvalue weighted by Gasteiger charge is 2.36. The maximum atomic E-state index is 12.1. The van der Waals surface area contributed by atoms with Crippen LogP contribution in [0.1, 0.15) is 33.6 Å². The molecule has 0 saturated carbocycles. The molecule has 1 fully saturated rings. The minimum atomic E-state index is -1.07. The van der Waals surface area contributed by atoms with E-state index in [1.54, 1.807) is 27.8 Å². The SMILES string of the molecule is CN(CC1(O)CCOCC1)C(=O)NC(C(=O)O)C(C)(C)C.